The first-order valence-corrected chi connectivity index (χ1v) is 9.86. The zero-order valence-corrected chi connectivity index (χ0v) is 17.3. The van der Waals surface area contributed by atoms with Crippen molar-refractivity contribution >= 4 is 35.2 Å². The van der Waals surface area contributed by atoms with Gasteiger partial charge in [-0.25, -0.2) is 9.80 Å². The van der Waals surface area contributed by atoms with Crippen molar-refractivity contribution in [2.24, 2.45) is 0 Å². The number of nitro benzene ring substituents is 1. The van der Waals surface area contributed by atoms with E-state index in [9.17, 15) is 24.5 Å². The molecule has 1 N–H and O–H groups in total. The molecule has 2 heterocycles. The molecule has 0 atom stereocenters. The van der Waals surface area contributed by atoms with Gasteiger partial charge in [0, 0.05) is 17.7 Å². The molecule has 1 aliphatic heterocycles. The first-order chi connectivity index (χ1) is 15.9. The highest BCUT2D eigenvalue weighted by molar-refractivity contribution is 6.31. The number of anilines is 1. The van der Waals surface area contributed by atoms with E-state index in [1.54, 1.807) is 31.2 Å². The smallest absolute Gasteiger partial charge is 0.338 e. The van der Waals surface area contributed by atoms with Crippen LogP contribution in [0.1, 0.15) is 23.0 Å². The highest BCUT2D eigenvalue weighted by atomic mass is 16.6. The number of carbonyl (C=O) groups is 3. The van der Waals surface area contributed by atoms with Crippen LogP contribution in [0.25, 0.3) is 17.4 Å². The maximum absolute atomic E-state index is 12.8. The Bertz CT molecular complexity index is 1270. The fourth-order valence-electron chi connectivity index (χ4n) is 3.18. The summed E-state index contributed by atoms with van der Waals surface area (Å²) < 4.78 is 10.6. The second-order valence-electron chi connectivity index (χ2n) is 6.91. The van der Waals surface area contributed by atoms with Gasteiger partial charge in [0.1, 0.15) is 17.1 Å². The topological polar surface area (TPSA) is 132 Å². The number of furan rings is 1. The Morgan fingerprint density at radius 2 is 1.79 bits per heavy atom. The van der Waals surface area contributed by atoms with Crippen LogP contribution in [-0.4, -0.2) is 29.3 Å². The summed E-state index contributed by atoms with van der Waals surface area (Å²) in [6.45, 7) is 1.94. The number of nitro groups is 1. The molecule has 33 heavy (non-hydrogen) atoms. The molecule has 0 aliphatic carbocycles. The van der Waals surface area contributed by atoms with E-state index in [4.69, 9.17) is 9.15 Å². The van der Waals surface area contributed by atoms with Gasteiger partial charge in [0.25, 0.3) is 17.5 Å². The van der Waals surface area contributed by atoms with Gasteiger partial charge in [-0.3, -0.25) is 25.1 Å². The first kappa shape index (κ1) is 21.5. The third kappa shape index (κ3) is 4.35. The minimum Gasteiger partial charge on any atom is -0.462 e. The maximum atomic E-state index is 12.8. The average Bonchev–Trinajstić information content (AvgIpc) is 3.40. The Kier molecular flexibility index (Phi) is 5.73. The molecule has 0 saturated carbocycles. The Morgan fingerprint density at radius 3 is 2.42 bits per heavy atom. The van der Waals surface area contributed by atoms with Gasteiger partial charge in [-0.05, 0) is 61.5 Å². The first-order valence-electron chi connectivity index (χ1n) is 9.86. The number of nitrogens with zero attached hydrogens (tertiary/aromatic N) is 2. The number of benzene rings is 2. The van der Waals surface area contributed by atoms with Crippen molar-refractivity contribution in [3.63, 3.8) is 0 Å². The van der Waals surface area contributed by atoms with Gasteiger partial charge < -0.3 is 9.15 Å². The molecule has 10 heteroatoms. The highest BCUT2D eigenvalue weighted by Gasteiger charge is 2.34. The molecule has 10 nitrogen and oxygen atoms in total. The average molecular weight is 447 g/mol. The molecule has 0 spiro atoms. The van der Waals surface area contributed by atoms with Gasteiger partial charge in [-0.15, -0.1) is 0 Å². The van der Waals surface area contributed by atoms with Crippen molar-refractivity contribution in [1.29, 1.82) is 0 Å². The lowest BCUT2D eigenvalue weighted by Crippen LogP contribution is -2.35. The van der Waals surface area contributed by atoms with Crippen LogP contribution in [0.4, 0.5) is 11.4 Å². The van der Waals surface area contributed by atoms with Crippen LogP contribution < -0.4 is 10.4 Å². The van der Waals surface area contributed by atoms with E-state index in [2.05, 4.69) is 5.43 Å². The fourth-order valence-corrected chi connectivity index (χ4v) is 3.18. The molecule has 2 aromatic carbocycles. The fraction of sp³-hybridized carbons (Fsp3) is 0.0870. The molecular weight excluding hydrogens is 430 g/mol. The summed E-state index contributed by atoms with van der Waals surface area (Å²) in [5, 5.41) is 11.9. The molecule has 1 aromatic heterocycles. The Hall–Kier alpha value is -4.73. The van der Waals surface area contributed by atoms with Crippen LogP contribution in [0, 0.1) is 10.1 Å². The predicted octanol–water partition coefficient (Wildman–Crippen LogP) is 3.49. The SMILES string of the molecule is CCOC(=O)c1ccc(N2NC(=O)/C(=C/c3ccc(-c4ccc([N+](=O)[O-])cc4)o3)C2=O)cc1. The second kappa shape index (κ2) is 8.79. The lowest BCUT2D eigenvalue weighted by Gasteiger charge is -2.14. The summed E-state index contributed by atoms with van der Waals surface area (Å²) in [4.78, 5) is 47.3. The quantitative estimate of drug-likeness (QED) is 0.201. The largest absolute Gasteiger partial charge is 0.462 e. The number of carbonyl (C=O) groups excluding carboxylic acids is 3. The van der Waals surface area contributed by atoms with Crippen LogP contribution >= 0.6 is 0 Å². The van der Waals surface area contributed by atoms with Gasteiger partial charge in [0.2, 0.25) is 0 Å². The lowest BCUT2D eigenvalue weighted by atomic mass is 10.1. The van der Waals surface area contributed by atoms with Crippen molar-refractivity contribution in [1.82, 2.24) is 5.43 Å². The van der Waals surface area contributed by atoms with Gasteiger partial charge in [0.15, 0.2) is 0 Å². The highest BCUT2D eigenvalue weighted by Crippen LogP contribution is 2.27. The number of nitrogens with one attached hydrogen (secondary N) is 1. The van der Waals surface area contributed by atoms with Crippen molar-refractivity contribution in [3.8, 4) is 11.3 Å². The molecule has 0 radical (unpaired) electrons. The molecule has 166 valence electrons. The van der Waals surface area contributed by atoms with Crippen LogP contribution in [-0.2, 0) is 14.3 Å². The van der Waals surface area contributed by atoms with Gasteiger partial charge >= 0.3 is 5.97 Å². The molecule has 1 aliphatic rings. The number of non-ortho nitro benzene ring substituents is 1. The third-order valence-corrected chi connectivity index (χ3v) is 4.80. The van der Waals surface area contributed by atoms with Crippen LogP contribution in [0.5, 0.6) is 0 Å². The zero-order chi connectivity index (χ0) is 23.5. The molecule has 0 unspecified atom stereocenters. The zero-order valence-electron chi connectivity index (χ0n) is 17.3. The van der Waals surface area contributed by atoms with Crippen molar-refractivity contribution in [2.45, 2.75) is 6.92 Å². The van der Waals surface area contributed by atoms with E-state index in [1.807, 2.05) is 0 Å². The van der Waals surface area contributed by atoms with Crippen molar-refractivity contribution in [2.75, 3.05) is 11.6 Å². The van der Waals surface area contributed by atoms with E-state index in [1.165, 1.54) is 42.5 Å². The molecule has 4 rings (SSSR count). The predicted molar refractivity (Wildman–Crippen MR) is 117 cm³/mol. The Morgan fingerprint density at radius 1 is 1.09 bits per heavy atom. The second-order valence-corrected chi connectivity index (χ2v) is 6.91. The summed E-state index contributed by atoms with van der Waals surface area (Å²) >= 11 is 0. The van der Waals surface area contributed by atoms with Crippen LogP contribution in [0.3, 0.4) is 0 Å². The molecule has 1 fully saturated rings. The summed E-state index contributed by atoms with van der Waals surface area (Å²) in [6, 6.07) is 15.1. The van der Waals surface area contributed by atoms with E-state index < -0.39 is 22.7 Å². The van der Waals surface area contributed by atoms with Gasteiger partial charge in [-0.1, -0.05) is 0 Å². The van der Waals surface area contributed by atoms with Crippen LogP contribution in [0.15, 0.2) is 70.7 Å². The number of hydrogen-bond acceptors (Lipinski definition) is 7. The summed E-state index contributed by atoms with van der Waals surface area (Å²) in [5.74, 6) is -0.988. The van der Waals surface area contributed by atoms with Crippen molar-refractivity contribution in [3.05, 3.63) is 87.7 Å². The molecule has 1 saturated heterocycles. The standard InChI is InChI=1S/C23H17N3O7/c1-2-32-23(29)15-5-7-16(8-6-15)25-22(28)19(21(27)24-25)13-18-11-12-20(33-18)14-3-9-17(10-4-14)26(30)31/h3-13H,2H2,1H3,(H,24,27)/b19-13-. The monoisotopic (exact) mass is 447 g/mol. The van der Waals surface area contributed by atoms with Gasteiger partial charge in [0.05, 0.1) is 22.8 Å². The molecule has 3 aromatic rings. The summed E-state index contributed by atoms with van der Waals surface area (Å²) in [5.41, 5.74) is 3.60. The maximum Gasteiger partial charge on any atom is 0.338 e. The Balaban J connectivity index is 1.53. The number of hydrazine groups is 1. The summed E-state index contributed by atoms with van der Waals surface area (Å²) in [6.07, 6.45) is 1.32. The van der Waals surface area contributed by atoms with Crippen LogP contribution in [0.2, 0.25) is 0 Å². The normalized spacial score (nSPS) is 14.5. The Labute approximate surface area is 187 Å². The van der Waals surface area contributed by atoms with Gasteiger partial charge in [-0.2, -0.15) is 0 Å². The minimum absolute atomic E-state index is 0.0451. The van der Waals surface area contributed by atoms with Crippen molar-refractivity contribution < 1.29 is 28.5 Å². The van der Waals surface area contributed by atoms with E-state index in [0.717, 1.165) is 5.01 Å². The van der Waals surface area contributed by atoms with E-state index in [-0.39, 0.29) is 23.6 Å². The van der Waals surface area contributed by atoms with E-state index in [0.29, 0.717) is 22.6 Å². The number of amides is 2. The molecule has 0 bridgehead atoms. The number of ether oxygens (including phenoxy) is 1. The lowest BCUT2D eigenvalue weighted by molar-refractivity contribution is -0.384. The number of rotatable bonds is 6. The number of esters is 1. The number of hydrogen-bond donors (Lipinski definition) is 1. The minimum atomic E-state index is -0.609. The van der Waals surface area contributed by atoms with E-state index >= 15 is 0 Å². The molecule has 2 amide bonds. The third-order valence-electron chi connectivity index (χ3n) is 4.80. The molecular formula is C23H17N3O7. The summed E-state index contributed by atoms with van der Waals surface area (Å²) in [7, 11) is 0.